The van der Waals surface area contributed by atoms with Gasteiger partial charge in [-0.2, -0.15) is 0 Å². The van der Waals surface area contributed by atoms with E-state index in [0.717, 1.165) is 56.5 Å². The lowest BCUT2D eigenvalue weighted by Gasteiger charge is -2.27. The van der Waals surface area contributed by atoms with Gasteiger partial charge in [0.2, 0.25) is 6.79 Å². The molecule has 0 aliphatic carbocycles. The first-order valence-electron chi connectivity index (χ1n) is 12.3. The molecule has 2 N–H and O–H groups in total. The average Bonchev–Trinajstić information content (AvgIpc) is 3.32. The average molecular weight is 495 g/mol. The summed E-state index contributed by atoms with van der Waals surface area (Å²) in [7, 11) is 0. The van der Waals surface area contributed by atoms with Crippen molar-refractivity contribution < 1.29 is 9.47 Å². The molecule has 2 heterocycles. The maximum absolute atomic E-state index is 12.9. The molecule has 0 atom stereocenters. The van der Waals surface area contributed by atoms with Crippen LogP contribution in [-0.4, -0.2) is 59.4 Å². The molecule has 0 fully saturated rings. The summed E-state index contributed by atoms with van der Waals surface area (Å²) in [5.74, 6) is 1.35. The van der Waals surface area contributed by atoms with E-state index in [-0.39, 0.29) is 12.4 Å². The predicted molar refractivity (Wildman–Crippen MR) is 144 cm³/mol. The van der Waals surface area contributed by atoms with E-state index in [1.807, 2.05) is 36.4 Å². The Morgan fingerprint density at radius 2 is 1.80 bits per heavy atom. The number of H-pyrrole nitrogens is 1. The summed E-state index contributed by atoms with van der Waals surface area (Å²) >= 11 is 5.78. The molecular weight excluding hydrogens is 460 g/mol. The van der Waals surface area contributed by atoms with Crippen molar-refractivity contribution in [2.75, 3.05) is 39.5 Å². The fraction of sp³-hybridized carbons (Fsp3) is 0.407. The van der Waals surface area contributed by atoms with E-state index in [9.17, 15) is 4.79 Å². The van der Waals surface area contributed by atoms with Crippen molar-refractivity contribution >= 4 is 28.2 Å². The van der Waals surface area contributed by atoms with Crippen molar-refractivity contribution in [2.24, 2.45) is 0 Å². The second-order valence-electron chi connectivity index (χ2n) is 8.69. The molecular formula is C27H34N4O3S. The number of thiocarbonyl (C=S) groups is 1. The van der Waals surface area contributed by atoms with Gasteiger partial charge in [-0.05, 0) is 62.4 Å². The lowest BCUT2D eigenvalue weighted by Crippen LogP contribution is -2.42. The molecule has 4 rings (SSSR count). The molecule has 2 aromatic carbocycles. The minimum atomic E-state index is -0.114. The third-order valence-electron chi connectivity index (χ3n) is 6.39. The van der Waals surface area contributed by atoms with Gasteiger partial charge in [0.05, 0.1) is 12.1 Å². The highest BCUT2D eigenvalue weighted by Crippen LogP contribution is 2.35. The number of nitrogens with one attached hydrogen (secondary N) is 2. The van der Waals surface area contributed by atoms with Crippen LogP contribution in [-0.2, 0) is 13.0 Å². The number of nitrogens with zero attached hydrogens (tertiary/aromatic N) is 2. The summed E-state index contributed by atoms with van der Waals surface area (Å²) in [6, 6.07) is 16.0. The third-order valence-corrected chi connectivity index (χ3v) is 6.79. The SMILES string of the molecule is CCN(CC)CCCN(Cc1cc2cc3c(cc2[nH]c1=O)OCO3)C(=S)NCCc1ccccc1. The van der Waals surface area contributed by atoms with Crippen LogP contribution >= 0.6 is 12.2 Å². The zero-order valence-corrected chi connectivity index (χ0v) is 21.3. The molecule has 0 unspecified atom stereocenters. The lowest BCUT2D eigenvalue weighted by molar-refractivity contribution is 0.174. The molecule has 7 nitrogen and oxygen atoms in total. The number of aromatic amines is 1. The van der Waals surface area contributed by atoms with Crippen molar-refractivity contribution in [3.8, 4) is 11.5 Å². The minimum absolute atomic E-state index is 0.114. The van der Waals surface area contributed by atoms with Gasteiger partial charge in [0.15, 0.2) is 16.6 Å². The van der Waals surface area contributed by atoms with E-state index in [2.05, 4.69) is 46.1 Å². The lowest BCUT2D eigenvalue weighted by atomic mass is 10.1. The molecule has 1 aromatic heterocycles. The van der Waals surface area contributed by atoms with Gasteiger partial charge in [-0.15, -0.1) is 0 Å². The first-order chi connectivity index (χ1) is 17.1. The molecule has 0 amide bonds. The van der Waals surface area contributed by atoms with Crippen LogP contribution in [0.3, 0.4) is 0 Å². The molecule has 3 aromatic rings. The monoisotopic (exact) mass is 494 g/mol. The zero-order chi connectivity index (χ0) is 24.6. The van der Waals surface area contributed by atoms with Crippen LogP contribution in [0.25, 0.3) is 10.9 Å². The highest BCUT2D eigenvalue weighted by Gasteiger charge is 2.17. The summed E-state index contributed by atoms with van der Waals surface area (Å²) in [5.41, 5.74) is 2.56. The van der Waals surface area contributed by atoms with Crippen molar-refractivity contribution in [3.63, 3.8) is 0 Å². The van der Waals surface area contributed by atoms with E-state index in [0.29, 0.717) is 28.7 Å². The molecule has 186 valence electrons. The Labute approximate surface area is 212 Å². The van der Waals surface area contributed by atoms with Crippen molar-refractivity contribution in [1.29, 1.82) is 0 Å². The van der Waals surface area contributed by atoms with Gasteiger partial charge in [0.25, 0.3) is 5.56 Å². The molecule has 1 aliphatic heterocycles. The molecule has 35 heavy (non-hydrogen) atoms. The highest BCUT2D eigenvalue weighted by molar-refractivity contribution is 7.80. The van der Waals surface area contributed by atoms with Crippen LogP contribution < -0.4 is 20.3 Å². The first-order valence-corrected chi connectivity index (χ1v) is 12.7. The molecule has 0 spiro atoms. The molecule has 0 saturated heterocycles. The van der Waals surface area contributed by atoms with Crippen LogP contribution in [0.4, 0.5) is 0 Å². The Hall–Kier alpha value is -3.10. The zero-order valence-electron chi connectivity index (χ0n) is 20.5. The topological polar surface area (TPSA) is 69.8 Å². The summed E-state index contributed by atoms with van der Waals surface area (Å²) in [6.07, 6.45) is 1.85. The second-order valence-corrected chi connectivity index (χ2v) is 9.07. The standard InChI is InChI=1S/C27H34N4O3S/c1-3-30(4-2)13-8-14-31(27(35)28-12-11-20-9-6-5-7-10-20)18-22-15-21-16-24-25(34-19-33-24)17-23(21)29-26(22)32/h5-7,9-10,15-17H,3-4,8,11-14,18-19H2,1-2H3,(H,28,35)(H,29,32). The smallest absolute Gasteiger partial charge is 0.253 e. The number of ether oxygens (including phenoxy) is 2. The van der Waals surface area contributed by atoms with Gasteiger partial charge in [-0.25, -0.2) is 0 Å². The van der Waals surface area contributed by atoms with E-state index in [1.165, 1.54) is 5.56 Å². The quantitative estimate of drug-likeness (QED) is 0.392. The molecule has 0 radical (unpaired) electrons. The summed E-state index contributed by atoms with van der Waals surface area (Å²) in [4.78, 5) is 20.4. The van der Waals surface area contributed by atoms with Crippen LogP contribution in [0.1, 0.15) is 31.4 Å². The largest absolute Gasteiger partial charge is 0.454 e. The number of fused-ring (bicyclic) bond motifs is 2. The predicted octanol–water partition coefficient (Wildman–Crippen LogP) is 3.91. The fourth-order valence-electron chi connectivity index (χ4n) is 4.31. The Kier molecular flexibility index (Phi) is 8.60. The summed E-state index contributed by atoms with van der Waals surface area (Å²) < 4.78 is 11.0. The van der Waals surface area contributed by atoms with Crippen molar-refractivity contribution in [3.05, 3.63) is 70.0 Å². The number of aromatic nitrogens is 1. The second kappa shape index (κ2) is 12.0. The summed E-state index contributed by atoms with van der Waals surface area (Å²) in [6.45, 7) is 9.55. The van der Waals surface area contributed by atoms with Gasteiger partial charge in [0.1, 0.15) is 0 Å². The van der Waals surface area contributed by atoms with E-state index < -0.39 is 0 Å². The van der Waals surface area contributed by atoms with Crippen molar-refractivity contribution in [2.45, 2.75) is 33.2 Å². The van der Waals surface area contributed by atoms with Gasteiger partial charge in [-0.1, -0.05) is 44.2 Å². The number of benzene rings is 2. The van der Waals surface area contributed by atoms with Gasteiger partial charge in [0, 0.05) is 30.1 Å². The van der Waals surface area contributed by atoms with E-state index in [1.54, 1.807) is 0 Å². The summed E-state index contributed by atoms with van der Waals surface area (Å²) in [5, 5.41) is 4.99. The molecule has 0 saturated carbocycles. The maximum atomic E-state index is 12.9. The number of rotatable bonds is 11. The molecule has 8 heteroatoms. The highest BCUT2D eigenvalue weighted by atomic mass is 32.1. The Balaban J connectivity index is 1.47. The maximum Gasteiger partial charge on any atom is 0.253 e. The number of hydrogen-bond donors (Lipinski definition) is 2. The minimum Gasteiger partial charge on any atom is -0.454 e. The third kappa shape index (κ3) is 6.52. The molecule has 1 aliphatic rings. The Bertz CT molecular complexity index is 1190. The molecule has 0 bridgehead atoms. The fourth-order valence-corrected chi connectivity index (χ4v) is 4.57. The first kappa shape index (κ1) is 25.0. The number of pyridine rings is 1. The normalized spacial score (nSPS) is 12.3. The number of hydrogen-bond acceptors (Lipinski definition) is 5. The Morgan fingerprint density at radius 3 is 2.54 bits per heavy atom. The van der Waals surface area contributed by atoms with E-state index >= 15 is 0 Å². The van der Waals surface area contributed by atoms with Gasteiger partial charge >= 0.3 is 0 Å². The van der Waals surface area contributed by atoms with Gasteiger partial charge in [-0.3, -0.25) is 4.79 Å². The Morgan fingerprint density at radius 1 is 1.06 bits per heavy atom. The van der Waals surface area contributed by atoms with Gasteiger partial charge < -0.3 is 29.6 Å². The van der Waals surface area contributed by atoms with Crippen LogP contribution in [0.2, 0.25) is 0 Å². The van der Waals surface area contributed by atoms with E-state index in [4.69, 9.17) is 21.7 Å². The van der Waals surface area contributed by atoms with Crippen LogP contribution in [0.15, 0.2) is 53.3 Å². The van der Waals surface area contributed by atoms with Crippen LogP contribution in [0.5, 0.6) is 11.5 Å². The van der Waals surface area contributed by atoms with Crippen molar-refractivity contribution in [1.82, 2.24) is 20.1 Å². The van der Waals surface area contributed by atoms with Crippen LogP contribution in [0, 0.1) is 0 Å².